The van der Waals surface area contributed by atoms with Gasteiger partial charge in [0, 0.05) is 16.9 Å². The van der Waals surface area contributed by atoms with Crippen LogP contribution < -0.4 is 10.6 Å². The van der Waals surface area contributed by atoms with Crippen molar-refractivity contribution in [2.45, 2.75) is 57.0 Å². The molecule has 3 heterocycles. The van der Waals surface area contributed by atoms with Crippen LogP contribution in [-0.2, 0) is 12.1 Å². The lowest BCUT2D eigenvalue weighted by molar-refractivity contribution is 0.186. The van der Waals surface area contributed by atoms with E-state index in [0.717, 1.165) is 78.6 Å². The Morgan fingerprint density at radius 2 is 2.00 bits per heavy atom. The molecule has 0 atom stereocenters. The molecule has 152 valence electrons. The maximum absolute atomic E-state index is 9.12. The average molecular weight is 411 g/mol. The number of anilines is 1. The predicted molar refractivity (Wildman–Crippen MR) is 115 cm³/mol. The number of fused-ring (bicyclic) bond motifs is 4. The number of benzene rings is 1. The molecule has 29 heavy (non-hydrogen) atoms. The summed E-state index contributed by atoms with van der Waals surface area (Å²) in [6.07, 6.45) is 7.66. The van der Waals surface area contributed by atoms with E-state index in [-0.39, 0.29) is 11.5 Å². The van der Waals surface area contributed by atoms with Gasteiger partial charge in [0.1, 0.15) is 11.3 Å². The number of piperidine rings is 1. The minimum Gasteiger partial charge on any atom is -0.459 e. The summed E-state index contributed by atoms with van der Waals surface area (Å²) in [7, 11) is 0. The summed E-state index contributed by atoms with van der Waals surface area (Å²) in [4.78, 5) is 2.38. The molecule has 1 saturated carbocycles. The number of hydrogen-bond donors (Lipinski definition) is 2. The van der Waals surface area contributed by atoms with E-state index < -0.39 is 0 Å². The average Bonchev–Trinajstić information content (AvgIpc) is 3.10. The Morgan fingerprint density at radius 3 is 2.72 bits per heavy atom. The predicted octanol–water partition coefficient (Wildman–Crippen LogP) is 5.47. The van der Waals surface area contributed by atoms with Gasteiger partial charge in [0.25, 0.3) is 0 Å². The number of likely N-dealkylation sites (tertiary alicyclic amines) is 1. The van der Waals surface area contributed by atoms with Crippen molar-refractivity contribution in [3.8, 4) is 6.07 Å². The van der Waals surface area contributed by atoms with Gasteiger partial charge in [0.05, 0.1) is 34.7 Å². The SMILES string of the molecule is C=C1Nc2c(Cl)cc3cc(CN4CCC(C#N)CC4)oc3c2C2(CCCCC2)N1. The summed E-state index contributed by atoms with van der Waals surface area (Å²) in [5.41, 5.74) is 2.90. The molecule has 1 aliphatic carbocycles. The first-order valence-corrected chi connectivity index (χ1v) is 11.1. The van der Waals surface area contributed by atoms with Gasteiger partial charge in [-0.25, -0.2) is 0 Å². The lowest BCUT2D eigenvalue weighted by Crippen LogP contribution is -2.48. The van der Waals surface area contributed by atoms with E-state index in [2.05, 4.69) is 34.2 Å². The fourth-order valence-electron chi connectivity index (χ4n) is 5.36. The fourth-order valence-corrected chi connectivity index (χ4v) is 5.62. The number of nitrogens with one attached hydrogen (secondary N) is 2. The van der Waals surface area contributed by atoms with Crippen LogP contribution in [-0.4, -0.2) is 18.0 Å². The topological polar surface area (TPSA) is 64.2 Å². The molecule has 2 N–H and O–H groups in total. The standard InChI is InChI=1S/C23H27ClN4O/c1-15-26-21-19(24)12-17-11-18(14-28-9-5-16(13-25)6-10-28)29-22(17)20(21)23(27-15)7-3-2-4-8-23/h11-12,16,26-27H,1-10,14H2. The van der Waals surface area contributed by atoms with Crippen molar-refractivity contribution in [3.63, 3.8) is 0 Å². The first-order chi connectivity index (χ1) is 14.1. The van der Waals surface area contributed by atoms with E-state index in [1.807, 2.05) is 6.07 Å². The van der Waals surface area contributed by atoms with E-state index in [1.165, 1.54) is 24.8 Å². The summed E-state index contributed by atoms with van der Waals surface area (Å²) in [5.74, 6) is 1.98. The Bertz CT molecular complexity index is 990. The van der Waals surface area contributed by atoms with Crippen molar-refractivity contribution in [3.05, 3.63) is 40.9 Å². The van der Waals surface area contributed by atoms with Gasteiger partial charge in [0.2, 0.25) is 0 Å². The van der Waals surface area contributed by atoms with Crippen molar-refractivity contribution < 1.29 is 4.42 Å². The Balaban J connectivity index is 1.53. The smallest absolute Gasteiger partial charge is 0.142 e. The van der Waals surface area contributed by atoms with E-state index in [4.69, 9.17) is 21.3 Å². The van der Waals surface area contributed by atoms with Crippen LogP contribution in [0.15, 0.2) is 28.9 Å². The molecule has 0 radical (unpaired) electrons. The molecule has 0 unspecified atom stereocenters. The van der Waals surface area contributed by atoms with Crippen LogP contribution in [0.1, 0.15) is 56.3 Å². The molecule has 3 aliphatic rings. The van der Waals surface area contributed by atoms with Crippen molar-refractivity contribution in [1.29, 1.82) is 5.26 Å². The zero-order valence-electron chi connectivity index (χ0n) is 16.7. The van der Waals surface area contributed by atoms with Crippen molar-refractivity contribution in [1.82, 2.24) is 10.2 Å². The summed E-state index contributed by atoms with van der Waals surface area (Å²) >= 11 is 6.71. The van der Waals surface area contributed by atoms with Gasteiger partial charge in [-0.05, 0) is 50.9 Å². The van der Waals surface area contributed by atoms with E-state index >= 15 is 0 Å². The molecule has 6 heteroatoms. The van der Waals surface area contributed by atoms with Crippen LogP contribution in [0.3, 0.4) is 0 Å². The van der Waals surface area contributed by atoms with Gasteiger partial charge >= 0.3 is 0 Å². The molecule has 5 nitrogen and oxygen atoms in total. The Kier molecular flexibility index (Phi) is 4.72. The number of nitrogens with zero attached hydrogens (tertiary/aromatic N) is 2. The Hall–Kier alpha value is -2.16. The first-order valence-electron chi connectivity index (χ1n) is 10.7. The largest absolute Gasteiger partial charge is 0.459 e. The first kappa shape index (κ1) is 18.8. The van der Waals surface area contributed by atoms with Crippen LogP contribution in [0.2, 0.25) is 5.02 Å². The molecule has 1 spiro atoms. The van der Waals surface area contributed by atoms with Crippen LogP contribution >= 0.6 is 11.6 Å². The third kappa shape index (κ3) is 3.29. The fraction of sp³-hybridized carbons (Fsp3) is 0.522. The van der Waals surface area contributed by atoms with E-state index in [9.17, 15) is 0 Å². The highest BCUT2D eigenvalue weighted by molar-refractivity contribution is 6.34. The molecular formula is C23H27ClN4O. The monoisotopic (exact) mass is 410 g/mol. The normalized spacial score (nSPS) is 22.1. The Labute approximate surface area is 176 Å². The number of rotatable bonds is 2. The third-order valence-electron chi connectivity index (χ3n) is 6.81. The number of hydrogen-bond acceptors (Lipinski definition) is 5. The van der Waals surface area contributed by atoms with Crippen LogP contribution in [0.5, 0.6) is 0 Å². The van der Waals surface area contributed by atoms with Gasteiger partial charge in [-0.3, -0.25) is 4.90 Å². The summed E-state index contributed by atoms with van der Waals surface area (Å²) in [6.45, 7) is 6.81. The van der Waals surface area contributed by atoms with Crippen molar-refractivity contribution >= 4 is 28.3 Å². The minimum absolute atomic E-state index is 0.153. The lowest BCUT2D eigenvalue weighted by atomic mass is 9.74. The highest BCUT2D eigenvalue weighted by Crippen LogP contribution is 2.49. The second kappa shape index (κ2) is 7.27. The third-order valence-corrected chi connectivity index (χ3v) is 7.11. The van der Waals surface area contributed by atoms with Gasteiger partial charge in [-0.15, -0.1) is 0 Å². The molecule has 5 rings (SSSR count). The number of nitriles is 1. The van der Waals surface area contributed by atoms with Crippen molar-refractivity contribution in [2.24, 2.45) is 5.92 Å². The molecule has 1 aromatic carbocycles. The molecule has 1 aromatic heterocycles. The quantitative estimate of drug-likeness (QED) is 0.687. The number of halogens is 1. The van der Waals surface area contributed by atoms with Gasteiger partial charge in [-0.2, -0.15) is 5.26 Å². The molecule has 0 amide bonds. The van der Waals surface area contributed by atoms with Gasteiger partial charge < -0.3 is 15.1 Å². The summed E-state index contributed by atoms with van der Waals surface area (Å²) in [6, 6.07) is 6.54. The maximum Gasteiger partial charge on any atom is 0.142 e. The number of furan rings is 1. The maximum atomic E-state index is 9.12. The zero-order chi connectivity index (χ0) is 20.0. The highest BCUT2D eigenvalue weighted by Gasteiger charge is 2.42. The van der Waals surface area contributed by atoms with Crippen LogP contribution in [0, 0.1) is 17.2 Å². The van der Waals surface area contributed by atoms with Gasteiger partial charge in [0.15, 0.2) is 0 Å². The summed E-state index contributed by atoms with van der Waals surface area (Å²) in [5, 5.41) is 17.9. The molecule has 2 aliphatic heterocycles. The molecule has 2 aromatic rings. The van der Waals surface area contributed by atoms with Crippen LogP contribution in [0.25, 0.3) is 11.0 Å². The van der Waals surface area contributed by atoms with Crippen LogP contribution in [0.4, 0.5) is 5.69 Å². The Morgan fingerprint density at radius 1 is 1.24 bits per heavy atom. The van der Waals surface area contributed by atoms with E-state index in [0.29, 0.717) is 0 Å². The van der Waals surface area contributed by atoms with E-state index in [1.54, 1.807) is 0 Å². The summed E-state index contributed by atoms with van der Waals surface area (Å²) < 4.78 is 6.47. The zero-order valence-corrected chi connectivity index (χ0v) is 17.4. The lowest BCUT2D eigenvalue weighted by Gasteiger charge is -2.44. The second-order valence-electron chi connectivity index (χ2n) is 8.79. The highest BCUT2D eigenvalue weighted by atomic mass is 35.5. The van der Waals surface area contributed by atoms with Crippen molar-refractivity contribution in [2.75, 3.05) is 18.4 Å². The molecule has 0 bridgehead atoms. The molecule has 2 fully saturated rings. The minimum atomic E-state index is -0.153. The molecular weight excluding hydrogens is 384 g/mol. The second-order valence-corrected chi connectivity index (χ2v) is 9.20. The molecule has 1 saturated heterocycles. The van der Waals surface area contributed by atoms with Gasteiger partial charge in [-0.1, -0.05) is 37.4 Å².